The monoisotopic (exact) mass is 943 g/mol. The Bertz CT molecular complexity index is 2480. The molecule has 0 radical (unpaired) electrons. The van der Waals surface area contributed by atoms with Gasteiger partial charge in [-0.3, -0.25) is 19.3 Å². The number of nitrogens with one attached hydrogen (secondary N) is 2. The van der Waals surface area contributed by atoms with E-state index in [2.05, 4.69) is 34.6 Å². The molecule has 11 nitrogen and oxygen atoms in total. The summed E-state index contributed by atoms with van der Waals surface area (Å²) in [6, 6.07) is 29.3. The van der Waals surface area contributed by atoms with Crippen molar-refractivity contribution in [3.63, 3.8) is 0 Å². The molecule has 3 aliphatic heterocycles. The van der Waals surface area contributed by atoms with Gasteiger partial charge in [0.05, 0.1) is 24.0 Å². The zero-order valence-corrected chi connectivity index (χ0v) is 39.8. The maximum Gasteiger partial charge on any atom is 0.410 e. The lowest BCUT2D eigenvalue weighted by Gasteiger charge is -2.50. The largest absolute Gasteiger partial charge is 0.445 e. The first-order valence-electron chi connectivity index (χ1n) is 24.1. The third-order valence-corrected chi connectivity index (χ3v) is 15.3. The molecule has 3 saturated heterocycles. The van der Waals surface area contributed by atoms with Crippen LogP contribution in [0.3, 0.4) is 0 Å². The number of benzene rings is 4. The number of morpholine rings is 1. The van der Waals surface area contributed by atoms with Crippen molar-refractivity contribution in [1.29, 1.82) is 0 Å². The van der Waals surface area contributed by atoms with Crippen LogP contribution in [0, 0.1) is 16.6 Å². The summed E-state index contributed by atoms with van der Waals surface area (Å²) in [5, 5.41) is 7.10. The molecule has 358 valence electrons. The molecule has 0 bridgehead atoms. The van der Waals surface area contributed by atoms with Crippen LogP contribution in [0.1, 0.15) is 67.7 Å². The Morgan fingerprint density at radius 2 is 1.50 bits per heavy atom. The smallest absolute Gasteiger partial charge is 0.410 e. The molecular formula is C55H63ClFN5O6. The van der Waals surface area contributed by atoms with Crippen molar-refractivity contribution >= 4 is 35.4 Å². The quantitative estimate of drug-likeness (QED) is 0.123. The molecule has 4 aromatic rings. The van der Waals surface area contributed by atoms with Gasteiger partial charge in [-0.1, -0.05) is 116 Å². The van der Waals surface area contributed by atoms with Gasteiger partial charge in [0.1, 0.15) is 12.4 Å². The van der Waals surface area contributed by atoms with Crippen LogP contribution in [0.4, 0.5) is 9.18 Å². The number of piperidine rings is 2. The van der Waals surface area contributed by atoms with Crippen molar-refractivity contribution < 1.29 is 33.0 Å². The molecule has 4 aromatic carbocycles. The predicted molar refractivity (Wildman–Crippen MR) is 262 cm³/mol. The molecule has 0 aromatic heterocycles. The minimum atomic E-state index is -0.863. The van der Waals surface area contributed by atoms with Gasteiger partial charge in [-0.25, -0.2) is 9.18 Å². The summed E-state index contributed by atoms with van der Waals surface area (Å²) in [5.41, 5.74) is 2.65. The molecule has 0 saturated carbocycles. The van der Waals surface area contributed by atoms with E-state index in [4.69, 9.17) is 21.1 Å². The second-order valence-corrected chi connectivity index (χ2v) is 19.3. The van der Waals surface area contributed by atoms with Gasteiger partial charge in [0.25, 0.3) is 0 Å². The predicted octanol–water partition coefficient (Wildman–Crippen LogP) is 8.65. The molecule has 13 heteroatoms. The van der Waals surface area contributed by atoms with Crippen molar-refractivity contribution in [3.8, 4) is 11.1 Å². The van der Waals surface area contributed by atoms with Crippen LogP contribution >= 0.6 is 11.6 Å². The van der Waals surface area contributed by atoms with Gasteiger partial charge in [0.15, 0.2) is 0 Å². The average Bonchev–Trinajstić information content (AvgIpc) is 3.38. The molecule has 4 amide bonds. The third kappa shape index (κ3) is 11.0. The lowest BCUT2D eigenvalue weighted by molar-refractivity contribution is -0.141. The zero-order chi connectivity index (χ0) is 47.6. The molecular weight excluding hydrogens is 881 g/mol. The lowest BCUT2D eigenvalue weighted by Crippen LogP contribution is -2.57. The molecule has 8 rings (SSSR count). The first-order chi connectivity index (χ1) is 33.0. The molecule has 1 unspecified atom stereocenters. The number of carbonyl (C=O) groups is 4. The summed E-state index contributed by atoms with van der Waals surface area (Å²) in [6.07, 6.45) is 11.4. The number of hydrogen-bond acceptors (Lipinski definition) is 7. The van der Waals surface area contributed by atoms with E-state index >= 15 is 0 Å². The van der Waals surface area contributed by atoms with E-state index < -0.39 is 28.2 Å². The topological polar surface area (TPSA) is 121 Å². The summed E-state index contributed by atoms with van der Waals surface area (Å²) >= 11 is 6.35. The highest BCUT2D eigenvalue weighted by atomic mass is 35.5. The van der Waals surface area contributed by atoms with Crippen LogP contribution in [0.25, 0.3) is 11.1 Å². The minimum Gasteiger partial charge on any atom is -0.445 e. The number of ether oxygens (including phenoxy) is 2. The average molecular weight is 945 g/mol. The van der Waals surface area contributed by atoms with Gasteiger partial charge in [0.2, 0.25) is 17.7 Å². The van der Waals surface area contributed by atoms with Crippen molar-refractivity contribution in [2.24, 2.45) is 10.8 Å². The van der Waals surface area contributed by atoms with Crippen molar-refractivity contribution in [2.75, 3.05) is 65.6 Å². The van der Waals surface area contributed by atoms with Gasteiger partial charge >= 0.3 is 6.09 Å². The molecule has 4 aliphatic rings. The minimum absolute atomic E-state index is 0.00208. The highest BCUT2D eigenvalue weighted by Crippen LogP contribution is 2.52. The number of rotatable bonds is 15. The lowest BCUT2D eigenvalue weighted by atomic mass is 9.56. The fourth-order valence-corrected chi connectivity index (χ4v) is 10.8. The van der Waals surface area contributed by atoms with E-state index in [9.17, 15) is 23.6 Å². The van der Waals surface area contributed by atoms with Crippen LogP contribution in [0.5, 0.6) is 0 Å². The summed E-state index contributed by atoms with van der Waals surface area (Å²) in [4.78, 5) is 61.4. The number of aryl methyl sites for hydroxylation is 1. The number of amides is 4. The van der Waals surface area contributed by atoms with E-state index in [0.29, 0.717) is 101 Å². The van der Waals surface area contributed by atoms with Gasteiger partial charge in [-0.15, -0.1) is 0 Å². The van der Waals surface area contributed by atoms with Crippen LogP contribution < -0.4 is 10.6 Å². The SMILES string of the molecule is CC1(C2(C(=O)NCCN3CCOCC3)CCN(C(=O)OCc3cccc(-c4cc(F)ccc4CNC(=O)C4(c5ccccc5)CCN(C(=O)CCc5ccccc5Cl)CC4)c3)CC2)C=CC=CC1. The standard InChI is InChI=1S/C55H63ClFN5O6/c1-53(21-8-3-9-22-53)55(51(65)58-27-32-60-33-35-67-36-34-60)25-30-62(31-26-55)52(66)68-40-41-11-10-13-43(37-41)47-38-46(57)19-17-44(47)39-59-50(64)54(45-14-4-2-5-15-45)23-28-61(29-24-54)49(63)20-18-42-12-6-7-16-48(42)56/h2-17,19,21,37-38H,18,20,22-36,39-40H2,1H3,(H,58,65)(H,59,64). The van der Waals surface area contributed by atoms with Crippen molar-refractivity contribution in [2.45, 2.75) is 70.4 Å². The van der Waals surface area contributed by atoms with Gasteiger partial charge in [-0.2, -0.15) is 0 Å². The van der Waals surface area contributed by atoms with Crippen LogP contribution in [-0.2, 0) is 48.8 Å². The summed E-state index contributed by atoms with van der Waals surface area (Å²) < 4.78 is 26.4. The second kappa shape index (κ2) is 22.1. The van der Waals surface area contributed by atoms with Crippen molar-refractivity contribution in [3.05, 3.63) is 154 Å². The van der Waals surface area contributed by atoms with Gasteiger partial charge in [-0.05, 0) is 96.2 Å². The third-order valence-electron chi connectivity index (χ3n) is 14.9. The van der Waals surface area contributed by atoms with E-state index in [-0.39, 0.29) is 30.9 Å². The number of likely N-dealkylation sites (tertiary alicyclic amines) is 2. The highest BCUT2D eigenvalue weighted by molar-refractivity contribution is 6.31. The van der Waals surface area contributed by atoms with E-state index in [0.717, 1.165) is 48.3 Å². The molecule has 0 spiro atoms. The molecule has 3 heterocycles. The fourth-order valence-electron chi connectivity index (χ4n) is 10.6. The van der Waals surface area contributed by atoms with Crippen molar-refractivity contribution in [1.82, 2.24) is 25.3 Å². The Kier molecular flexibility index (Phi) is 15.8. The highest BCUT2D eigenvalue weighted by Gasteiger charge is 2.53. The van der Waals surface area contributed by atoms with Gasteiger partial charge in [0, 0.05) is 75.8 Å². The summed E-state index contributed by atoms with van der Waals surface area (Å²) in [6.45, 7) is 8.38. The van der Waals surface area contributed by atoms with Gasteiger partial charge < -0.3 is 29.9 Å². The second-order valence-electron chi connectivity index (χ2n) is 18.8. The molecule has 2 N–H and O–H groups in total. The van der Waals surface area contributed by atoms with E-state index in [1.54, 1.807) is 11.0 Å². The Hall–Kier alpha value is -5.82. The number of hydrogen-bond donors (Lipinski definition) is 2. The zero-order valence-electron chi connectivity index (χ0n) is 39.0. The van der Waals surface area contributed by atoms with Crippen LogP contribution in [0.15, 0.2) is 121 Å². The summed E-state index contributed by atoms with van der Waals surface area (Å²) in [5.74, 6) is -0.506. The molecule has 3 fully saturated rings. The maximum absolute atomic E-state index is 15.0. The molecule has 1 aliphatic carbocycles. The summed E-state index contributed by atoms with van der Waals surface area (Å²) in [7, 11) is 0. The Morgan fingerprint density at radius 1 is 0.765 bits per heavy atom. The number of nitrogens with zero attached hydrogens (tertiary/aromatic N) is 3. The molecule has 68 heavy (non-hydrogen) atoms. The number of carbonyl (C=O) groups excluding carboxylic acids is 4. The number of allylic oxidation sites excluding steroid dienone is 4. The maximum atomic E-state index is 15.0. The Labute approximate surface area is 404 Å². The Balaban J connectivity index is 0.886. The Morgan fingerprint density at radius 3 is 2.24 bits per heavy atom. The molecule has 1 atom stereocenters. The van der Waals surface area contributed by atoms with Crippen LogP contribution in [0.2, 0.25) is 5.02 Å². The first kappa shape index (κ1) is 48.6. The van der Waals surface area contributed by atoms with E-state index in [1.807, 2.05) is 95.9 Å². The number of halogens is 2. The first-order valence-corrected chi connectivity index (χ1v) is 24.4. The van der Waals surface area contributed by atoms with E-state index in [1.165, 1.54) is 12.1 Å². The fraction of sp³-hybridized carbons (Fsp3) is 0.418. The normalized spacial score (nSPS) is 20.1. The van der Waals surface area contributed by atoms with Crippen LogP contribution in [-0.4, -0.2) is 104 Å².